The average Bonchev–Trinajstić information content (AvgIpc) is 2.62. The molecule has 0 saturated heterocycles. The summed E-state index contributed by atoms with van der Waals surface area (Å²) in [6.45, 7) is 4.18. The normalized spacial score (nSPS) is 9.68. The third-order valence-electron chi connectivity index (χ3n) is 3.98. The lowest BCUT2D eigenvalue weighted by Gasteiger charge is -2.07. The molecular weight excluding hydrogens is 322 g/mol. The Bertz CT molecular complexity index is 997. The van der Waals surface area contributed by atoms with Gasteiger partial charge in [-0.1, -0.05) is 47.7 Å². The summed E-state index contributed by atoms with van der Waals surface area (Å²) in [5.41, 5.74) is 7.65. The highest BCUT2D eigenvalue weighted by Crippen LogP contribution is 2.26. The smallest absolute Gasteiger partial charge is 0.0739 e. The third kappa shape index (κ3) is 4.31. The molecule has 120 valence electrons. The fourth-order valence-corrected chi connectivity index (χ4v) is 2.72. The van der Waals surface area contributed by atoms with Crippen LogP contribution in [0.1, 0.15) is 22.3 Å². The SMILES string of the molecule is Cc1ccc(C#Cc2ccc(-c3ccc(N=C=S)cc3)c(C)c2)cc1. The van der Waals surface area contributed by atoms with Gasteiger partial charge in [-0.25, -0.2) is 0 Å². The molecule has 0 fully saturated rings. The van der Waals surface area contributed by atoms with Crippen LogP contribution in [0.3, 0.4) is 0 Å². The zero-order valence-corrected chi connectivity index (χ0v) is 15.0. The van der Waals surface area contributed by atoms with E-state index in [9.17, 15) is 0 Å². The monoisotopic (exact) mass is 339 g/mol. The molecule has 3 rings (SSSR count). The molecule has 0 aliphatic rings. The highest BCUT2D eigenvalue weighted by molar-refractivity contribution is 7.78. The second-order valence-corrected chi connectivity index (χ2v) is 6.08. The Morgan fingerprint density at radius 2 is 1.40 bits per heavy atom. The molecule has 0 aliphatic carbocycles. The number of benzene rings is 3. The first-order chi connectivity index (χ1) is 12.2. The molecule has 1 nitrogen and oxygen atoms in total. The van der Waals surface area contributed by atoms with Gasteiger partial charge in [0, 0.05) is 11.1 Å². The van der Waals surface area contributed by atoms with E-state index in [2.05, 4.69) is 78.4 Å². The Morgan fingerprint density at radius 3 is 2.04 bits per heavy atom. The lowest BCUT2D eigenvalue weighted by Crippen LogP contribution is -1.85. The molecule has 0 bridgehead atoms. The summed E-state index contributed by atoms with van der Waals surface area (Å²) in [5, 5.41) is 2.39. The van der Waals surface area contributed by atoms with Crippen LogP contribution >= 0.6 is 12.2 Å². The van der Waals surface area contributed by atoms with Crippen LogP contribution in [0, 0.1) is 25.7 Å². The molecule has 0 N–H and O–H groups in total. The second kappa shape index (κ2) is 7.73. The van der Waals surface area contributed by atoms with Gasteiger partial charge in [0.15, 0.2) is 0 Å². The third-order valence-corrected chi connectivity index (χ3v) is 4.07. The molecule has 0 amide bonds. The van der Waals surface area contributed by atoms with Crippen molar-refractivity contribution in [3.63, 3.8) is 0 Å². The van der Waals surface area contributed by atoms with Gasteiger partial charge in [-0.05, 0) is 79.2 Å². The van der Waals surface area contributed by atoms with Gasteiger partial charge in [-0.3, -0.25) is 0 Å². The van der Waals surface area contributed by atoms with Crippen molar-refractivity contribution in [2.24, 2.45) is 4.99 Å². The minimum atomic E-state index is 0.817. The second-order valence-electron chi connectivity index (χ2n) is 5.90. The lowest BCUT2D eigenvalue weighted by molar-refractivity contribution is 1.43. The Morgan fingerprint density at radius 1 is 0.760 bits per heavy atom. The fourth-order valence-electron chi connectivity index (χ4n) is 2.61. The average molecular weight is 339 g/mol. The molecule has 3 aromatic carbocycles. The van der Waals surface area contributed by atoms with Crippen molar-refractivity contribution >= 4 is 23.1 Å². The molecule has 3 aromatic rings. The van der Waals surface area contributed by atoms with Crippen molar-refractivity contribution in [2.75, 3.05) is 0 Å². The first-order valence-corrected chi connectivity index (χ1v) is 8.44. The van der Waals surface area contributed by atoms with Crippen molar-refractivity contribution in [3.8, 4) is 23.0 Å². The molecule has 0 atom stereocenters. The predicted molar refractivity (Wildman–Crippen MR) is 108 cm³/mol. The van der Waals surface area contributed by atoms with Crippen molar-refractivity contribution in [1.29, 1.82) is 0 Å². The van der Waals surface area contributed by atoms with Crippen molar-refractivity contribution in [2.45, 2.75) is 13.8 Å². The Kier molecular flexibility index (Phi) is 5.21. The Balaban J connectivity index is 1.86. The first-order valence-electron chi connectivity index (χ1n) is 8.03. The highest BCUT2D eigenvalue weighted by Gasteiger charge is 2.02. The van der Waals surface area contributed by atoms with Gasteiger partial charge >= 0.3 is 0 Å². The summed E-state index contributed by atoms with van der Waals surface area (Å²) >= 11 is 4.63. The molecule has 0 unspecified atom stereocenters. The topological polar surface area (TPSA) is 12.4 Å². The van der Waals surface area contributed by atoms with E-state index >= 15 is 0 Å². The minimum absolute atomic E-state index is 0.817. The molecule has 0 spiro atoms. The van der Waals surface area contributed by atoms with Gasteiger partial charge in [-0.15, -0.1) is 0 Å². The standard InChI is InChI=1S/C23H17NS/c1-17-3-5-19(6-4-17)7-8-20-9-14-23(18(2)15-20)21-10-12-22(13-11-21)24-16-25/h3-6,9-15H,1-2H3. The lowest BCUT2D eigenvalue weighted by atomic mass is 9.98. The summed E-state index contributed by atoms with van der Waals surface area (Å²) in [6.07, 6.45) is 0. The maximum atomic E-state index is 4.63. The maximum Gasteiger partial charge on any atom is 0.0739 e. The predicted octanol–water partition coefficient (Wildman–Crippen LogP) is 6.10. The number of hydrogen-bond donors (Lipinski definition) is 0. The summed E-state index contributed by atoms with van der Waals surface area (Å²) < 4.78 is 0. The molecule has 0 aliphatic heterocycles. The van der Waals surface area contributed by atoms with Crippen LogP contribution in [0.4, 0.5) is 5.69 Å². The quantitative estimate of drug-likeness (QED) is 0.312. The van der Waals surface area contributed by atoms with Gasteiger partial charge in [-0.2, -0.15) is 4.99 Å². The molecule has 0 saturated carbocycles. The van der Waals surface area contributed by atoms with Gasteiger partial charge in [0.25, 0.3) is 0 Å². The van der Waals surface area contributed by atoms with Gasteiger partial charge in [0.05, 0.1) is 10.8 Å². The fraction of sp³-hybridized carbons (Fsp3) is 0.0870. The van der Waals surface area contributed by atoms with E-state index in [1.54, 1.807) is 0 Å². The number of isothiocyanates is 1. The van der Waals surface area contributed by atoms with Crippen LogP contribution in [0.5, 0.6) is 0 Å². The Labute approximate surface area is 154 Å². The first kappa shape index (κ1) is 16.9. The molecular formula is C23H17NS. The van der Waals surface area contributed by atoms with E-state index in [1.165, 1.54) is 16.7 Å². The van der Waals surface area contributed by atoms with E-state index < -0.39 is 0 Å². The summed E-state index contributed by atoms with van der Waals surface area (Å²) in [4.78, 5) is 3.98. The largest absolute Gasteiger partial charge is 0.195 e. The van der Waals surface area contributed by atoms with Gasteiger partial charge in [0.1, 0.15) is 0 Å². The number of hydrogen-bond acceptors (Lipinski definition) is 2. The highest BCUT2D eigenvalue weighted by atomic mass is 32.1. The van der Waals surface area contributed by atoms with E-state index in [0.717, 1.165) is 22.4 Å². The van der Waals surface area contributed by atoms with Crippen molar-refractivity contribution in [3.05, 3.63) is 89.0 Å². The number of aryl methyl sites for hydroxylation is 2. The summed E-state index contributed by atoms with van der Waals surface area (Å²) in [7, 11) is 0. The minimum Gasteiger partial charge on any atom is -0.195 e. The van der Waals surface area contributed by atoms with E-state index in [-0.39, 0.29) is 0 Å². The molecule has 25 heavy (non-hydrogen) atoms. The maximum absolute atomic E-state index is 4.63. The molecule has 0 aromatic heterocycles. The van der Waals surface area contributed by atoms with E-state index in [4.69, 9.17) is 0 Å². The van der Waals surface area contributed by atoms with Crippen LogP contribution in [0.2, 0.25) is 0 Å². The number of nitrogens with zero attached hydrogens (tertiary/aromatic N) is 1. The Hall–Kier alpha value is -2.98. The zero-order valence-electron chi connectivity index (χ0n) is 14.2. The van der Waals surface area contributed by atoms with E-state index in [0.29, 0.717) is 0 Å². The van der Waals surface area contributed by atoms with E-state index in [1.807, 2.05) is 36.4 Å². The van der Waals surface area contributed by atoms with Crippen LogP contribution < -0.4 is 0 Å². The molecule has 0 heterocycles. The van der Waals surface area contributed by atoms with Crippen LogP contribution in [0.25, 0.3) is 11.1 Å². The molecule has 0 radical (unpaired) electrons. The van der Waals surface area contributed by atoms with Gasteiger partial charge < -0.3 is 0 Å². The number of thiocarbonyl (C=S) groups is 1. The zero-order chi connectivity index (χ0) is 17.6. The van der Waals surface area contributed by atoms with Gasteiger partial charge in [0.2, 0.25) is 0 Å². The summed E-state index contributed by atoms with van der Waals surface area (Å²) in [5.74, 6) is 6.46. The summed E-state index contributed by atoms with van der Waals surface area (Å²) in [6, 6.07) is 22.5. The van der Waals surface area contributed by atoms with Crippen LogP contribution in [-0.4, -0.2) is 5.16 Å². The number of aliphatic imine (C=N–C) groups is 1. The molecule has 2 heteroatoms. The van der Waals surface area contributed by atoms with Crippen LogP contribution in [0.15, 0.2) is 71.7 Å². The number of rotatable bonds is 2. The van der Waals surface area contributed by atoms with Crippen molar-refractivity contribution in [1.82, 2.24) is 0 Å². The van der Waals surface area contributed by atoms with Crippen molar-refractivity contribution < 1.29 is 0 Å². The van der Waals surface area contributed by atoms with Crippen LogP contribution in [-0.2, 0) is 0 Å².